The second-order valence-electron chi connectivity index (χ2n) is 5.79. The average Bonchev–Trinajstić information content (AvgIpc) is 3.28. The second-order valence-corrected chi connectivity index (χ2v) is 5.79. The number of hydrogen-bond acceptors (Lipinski definition) is 1. The molecule has 3 nitrogen and oxygen atoms in total. The van der Waals surface area contributed by atoms with Crippen molar-refractivity contribution in [3.63, 3.8) is 0 Å². The molecule has 1 aliphatic heterocycles. The van der Waals surface area contributed by atoms with Crippen LogP contribution in [0.1, 0.15) is 25.7 Å². The summed E-state index contributed by atoms with van der Waals surface area (Å²) in [4.78, 5) is 6.75. The minimum atomic E-state index is -2.25. The van der Waals surface area contributed by atoms with Crippen molar-refractivity contribution in [2.45, 2.75) is 38.2 Å². The van der Waals surface area contributed by atoms with Gasteiger partial charge in [-0.15, -0.1) is 0 Å². The largest absolute Gasteiger partial charge is 0.343 e. The van der Waals surface area contributed by atoms with Crippen LogP contribution in [0, 0.1) is 5.92 Å². The van der Waals surface area contributed by atoms with E-state index < -0.39 is 12.3 Å². The van der Waals surface area contributed by atoms with Gasteiger partial charge in [0, 0.05) is 24.7 Å². The third-order valence-electron chi connectivity index (χ3n) is 4.10. The summed E-state index contributed by atoms with van der Waals surface area (Å²) in [5.74, 6) is 0.205. The van der Waals surface area contributed by atoms with E-state index in [-0.39, 0.29) is 6.04 Å². The van der Waals surface area contributed by atoms with E-state index in [1.54, 1.807) is 0 Å². The van der Waals surface area contributed by atoms with Crippen LogP contribution in [0.25, 0.3) is 0 Å². The second kappa shape index (κ2) is 6.41. The van der Waals surface area contributed by atoms with E-state index in [1.807, 2.05) is 30.3 Å². The van der Waals surface area contributed by atoms with Crippen LogP contribution in [-0.4, -0.2) is 36.4 Å². The fraction of sp³-hybridized carbons (Fsp3) is 0.562. The molecule has 0 aromatic heterocycles. The van der Waals surface area contributed by atoms with Crippen LogP contribution in [-0.2, 0) is 0 Å². The molecule has 2 fully saturated rings. The van der Waals surface area contributed by atoms with Crippen LogP contribution in [0.4, 0.5) is 14.5 Å². The van der Waals surface area contributed by atoms with Crippen molar-refractivity contribution in [2.75, 3.05) is 18.4 Å². The molecule has 5 heteroatoms. The number of nitrogens with one attached hydrogen (secondary N) is 1. The summed E-state index contributed by atoms with van der Waals surface area (Å²) in [6.07, 6.45) is 1.76. The first-order valence-electron chi connectivity index (χ1n) is 7.67. The Labute approximate surface area is 124 Å². The first-order valence-corrected chi connectivity index (χ1v) is 7.67. The van der Waals surface area contributed by atoms with Gasteiger partial charge in [-0.05, 0) is 37.8 Å². The predicted molar refractivity (Wildman–Crippen MR) is 80.8 cm³/mol. The SMILES string of the molecule is FC(F)[C@H]1C[C@@H]1N=C(Nc1ccccc1)N1CCCCC1. The summed E-state index contributed by atoms with van der Waals surface area (Å²) in [7, 11) is 0. The van der Waals surface area contributed by atoms with Gasteiger partial charge in [0.15, 0.2) is 5.96 Å². The molecule has 1 heterocycles. The minimum Gasteiger partial charge on any atom is -0.343 e. The molecule has 114 valence electrons. The molecule has 1 saturated heterocycles. The minimum absolute atomic E-state index is 0.224. The number of piperidine rings is 1. The topological polar surface area (TPSA) is 27.6 Å². The molecule has 21 heavy (non-hydrogen) atoms. The average molecular weight is 293 g/mol. The van der Waals surface area contributed by atoms with Crippen LogP contribution in [0.3, 0.4) is 0 Å². The summed E-state index contributed by atoms with van der Waals surface area (Å²) in [6.45, 7) is 1.90. The van der Waals surface area contributed by atoms with Crippen molar-refractivity contribution in [3.8, 4) is 0 Å². The van der Waals surface area contributed by atoms with Crippen LogP contribution < -0.4 is 5.32 Å². The Kier molecular flexibility index (Phi) is 4.36. The van der Waals surface area contributed by atoms with Crippen molar-refractivity contribution in [2.24, 2.45) is 10.9 Å². The zero-order chi connectivity index (χ0) is 14.7. The third kappa shape index (κ3) is 3.71. The Morgan fingerprint density at radius 2 is 1.86 bits per heavy atom. The zero-order valence-electron chi connectivity index (χ0n) is 12.0. The van der Waals surface area contributed by atoms with Gasteiger partial charge in [-0.3, -0.25) is 0 Å². The molecule has 1 aliphatic carbocycles. The van der Waals surface area contributed by atoms with E-state index in [4.69, 9.17) is 0 Å². The first kappa shape index (κ1) is 14.3. The number of rotatable bonds is 3. The maximum Gasteiger partial charge on any atom is 0.243 e. The maximum absolute atomic E-state index is 12.7. The van der Waals surface area contributed by atoms with Gasteiger partial charge < -0.3 is 10.2 Å². The number of halogens is 2. The van der Waals surface area contributed by atoms with E-state index in [0.29, 0.717) is 6.42 Å². The van der Waals surface area contributed by atoms with Crippen LogP contribution >= 0.6 is 0 Å². The third-order valence-corrected chi connectivity index (χ3v) is 4.10. The number of hydrogen-bond donors (Lipinski definition) is 1. The molecule has 0 amide bonds. The number of benzene rings is 1. The molecule has 1 aromatic carbocycles. The highest BCUT2D eigenvalue weighted by atomic mass is 19.3. The van der Waals surface area contributed by atoms with Gasteiger partial charge in [0.25, 0.3) is 0 Å². The number of guanidine groups is 1. The molecule has 0 unspecified atom stereocenters. The Morgan fingerprint density at radius 3 is 2.48 bits per heavy atom. The highest BCUT2D eigenvalue weighted by Crippen LogP contribution is 2.39. The number of para-hydroxylation sites is 1. The molecular weight excluding hydrogens is 272 g/mol. The summed E-state index contributed by atoms with van der Waals surface area (Å²) in [5.41, 5.74) is 0.955. The number of likely N-dealkylation sites (tertiary alicyclic amines) is 1. The number of aliphatic imine (C=N–C) groups is 1. The monoisotopic (exact) mass is 293 g/mol. The van der Waals surface area contributed by atoms with E-state index in [2.05, 4.69) is 15.2 Å². The number of nitrogens with zero attached hydrogens (tertiary/aromatic N) is 2. The van der Waals surface area contributed by atoms with Crippen LogP contribution in [0.2, 0.25) is 0 Å². The molecular formula is C16H21F2N3. The summed E-state index contributed by atoms with van der Waals surface area (Å²) in [5, 5.41) is 3.31. The van der Waals surface area contributed by atoms with Gasteiger partial charge in [-0.1, -0.05) is 18.2 Å². The molecule has 0 bridgehead atoms. The van der Waals surface area contributed by atoms with Gasteiger partial charge in [0.05, 0.1) is 6.04 Å². The Bertz CT molecular complexity index is 484. The Balaban J connectivity index is 1.73. The summed E-state index contributed by atoms with van der Waals surface area (Å²) in [6, 6.07) is 9.58. The molecule has 1 aromatic rings. The smallest absolute Gasteiger partial charge is 0.243 e. The van der Waals surface area contributed by atoms with Crippen molar-refractivity contribution in [1.29, 1.82) is 0 Å². The molecule has 2 aliphatic rings. The predicted octanol–water partition coefficient (Wildman–Crippen LogP) is 3.59. The lowest BCUT2D eigenvalue weighted by molar-refractivity contribution is 0.121. The van der Waals surface area contributed by atoms with Gasteiger partial charge in [0.1, 0.15) is 0 Å². The van der Waals surface area contributed by atoms with E-state index in [1.165, 1.54) is 6.42 Å². The van der Waals surface area contributed by atoms with Gasteiger partial charge >= 0.3 is 0 Å². The quantitative estimate of drug-likeness (QED) is 0.681. The normalized spacial score (nSPS) is 26.0. The standard InChI is InChI=1S/C16H21F2N3/c17-15(18)13-11-14(13)20-16(21-9-5-2-6-10-21)19-12-7-3-1-4-8-12/h1,3-4,7-8,13-15H,2,5-6,9-11H2,(H,19,20)/t13-,14-/m0/s1. The van der Waals surface area contributed by atoms with Gasteiger partial charge in [0.2, 0.25) is 6.43 Å². The molecule has 1 N–H and O–H groups in total. The molecule has 2 atom stereocenters. The maximum atomic E-state index is 12.7. The van der Waals surface area contributed by atoms with Gasteiger partial charge in [-0.25, -0.2) is 13.8 Å². The van der Waals surface area contributed by atoms with E-state index in [0.717, 1.165) is 37.6 Å². The lowest BCUT2D eigenvalue weighted by Gasteiger charge is -2.30. The fourth-order valence-electron chi connectivity index (χ4n) is 2.73. The first-order chi connectivity index (χ1) is 10.2. The van der Waals surface area contributed by atoms with Crippen molar-refractivity contribution < 1.29 is 8.78 Å². The number of alkyl halides is 2. The van der Waals surface area contributed by atoms with Crippen molar-refractivity contribution >= 4 is 11.6 Å². The zero-order valence-corrected chi connectivity index (χ0v) is 12.0. The van der Waals surface area contributed by atoms with Crippen molar-refractivity contribution in [3.05, 3.63) is 30.3 Å². The highest BCUT2D eigenvalue weighted by molar-refractivity contribution is 5.94. The Hall–Kier alpha value is -1.65. The van der Waals surface area contributed by atoms with Crippen LogP contribution in [0.5, 0.6) is 0 Å². The fourth-order valence-corrected chi connectivity index (χ4v) is 2.73. The number of anilines is 1. The Morgan fingerprint density at radius 1 is 1.14 bits per heavy atom. The highest BCUT2D eigenvalue weighted by Gasteiger charge is 2.44. The van der Waals surface area contributed by atoms with Gasteiger partial charge in [-0.2, -0.15) is 0 Å². The van der Waals surface area contributed by atoms with Crippen molar-refractivity contribution in [1.82, 2.24) is 4.90 Å². The molecule has 0 spiro atoms. The lowest BCUT2D eigenvalue weighted by atomic mass is 10.1. The molecule has 3 rings (SSSR count). The van der Waals surface area contributed by atoms with E-state index in [9.17, 15) is 8.78 Å². The lowest BCUT2D eigenvalue weighted by Crippen LogP contribution is -2.40. The summed E-state index contributed by atoms with van der Waals surface area (Å²) >= 11 is 0. The molecule has 0 radical (unpaired) electrons. The van der Waals surface area contributed by atoms with E-state index >= 15 is 0 Å². The molecule has 1 saturated carbocycles. The van der Waals surface area contributed by atoms with Crippen LogP contribution in [0.15, 0.2) is 35.3 Å². The summed E-state index contributed by atoms with van der Waals surface area (Å²) < 4.78 is 25.4.